The molecule has 1 fully saturated rings. The Labute approximate surface area is 133 Å². The van der Waals surface area contributed by atoms with E-state index in [9.17, 15) is 14.9 Å². The maximum absolute atomic E-state index is 12.0. The van der Waals surface area contributed by atoms with Crippen molar-refractivity contribution >= 4 is 29.1 Å². The summed E-state index contributed by atoms with van der Waals surface area (Å²) in [7, 11) is 0. The number of piperidine rings is 1. The molecule has 0 atom stereocenters. The fraction of sp³-hybridized carbons (Fsp3) is 0.571. The first-order valence-corrected chi connectivity index (χ1v) is 7.61. The Morgan fingerprint density at radius 2 is 2.05 bits per heavy atom. The molecular weight excluding hydrogens is 310 g/mol. The summed E-state index contributed by atoms with van der Waals surface area (Å²) in [6.45, 7) is 4.82. The zero-order valence-corrected chi connectivity index (χ0v) is 13.4. The molecule has 120 valence electrons. The molecule has 8 heteroatoms. The molecule has 0 N–H and O–H groups in total. The van der Waals surface area contributed by atoms with Crippen LogP contribution in [0.15, 0.2) is 0 Å². The van der Waals surface area contributed by atoms with E-state index in [4.69, 9.17) is 16.3 Å². The van der Waals surface area contributed by atoms with Gasteiger partial charge in [-0.05, 0) is 33.1 Å². The summed E-state index contributed by atoms with van der Waals surface area (Å²) in [5, 5.41) is 11.2. The third-order valence-corrected chi connectivity index (χ3v) is 3.96. The van der Waals surface area contributed by atoms with Crippen molar-refractivity contribution in [2.75, 3.05) is 24.6 Å². The van der Waals surface area contributed by atoms with Gasteiger partial charge in [0.1, 0.15) is 10.6 Å². The Balaban J connectivity index is 2.56. The highest BCUT2D eigenvalue weighted by atomic mass is 35.5. The Morgan fingerprint density at radius 1 is 1.41 bits per heavy atom. The maximum Gasteiger partial charge on any atom is 0.341 e. The molecule has 2 rings (SSSR count). The second kappa shape index (κ2) is 6.91. The van der Waals surface area contributed by atoms with Crippen LogP contribution in [-0.2, 0) is 4.74 Å². The number of halogens is 1. The number of pyridine rings is 1. The number of nitrogens with zero attached hydrogens (tertiary/aromatic N) is 3. The lowest BCUT2D eigenvalue weighted by Crippen LogP contribution is -2.31. The van der Waals surface area contributed by atoms with Crippen molar-refractivity contribution in [3.63, 3.8) is 0 Å². The topological polar surface area (TPSA) is 85.6 Å². The molecular formula is C14H18ClN3O4. The standard InChI is InChI=1S/C14H18ClN3O4/c1-3-22-14(19)10-9(2)16-13(12(11(10)15)18(20)21)17-7-5-4-6-8-17/h3-8H2,1-2H3. The number of hydrogen-bond acceptors (Lipinski definition) is 6. The molecule has 7 nitrogen and oxygen atoms in total. The van der Waals surface area contributed by atoms with Gasteiger partial charge in [0.2, 0.25) is 5.82 Å². The SMILES string of the molecule is CCOC(=O)c1c(C)nc(N2CCCCC2)c([N+](=O)[O-])c1Cl. The number of esters is 1. The number of carbonyl (C=O) groups excluding carboxylic acids is 1. The van der Waals surface area contributed by atoms with E-state index in [2.05, 4.69) is 4.98 Å². The van der Waals surface area contributed by atoms with Crippen LogP contribution in [0.2, 0.25) is 5.02 Å². The van der Waals surface area contributed by atoms with E-state index >= 15 is 0 Å². The first kappa shape index (κ1) is 16.5. The van der Waals surface area contributed by atoms with Crippen molar-refractivity contribution in [1.82, 2.24) is 4.98 Å². The van der Waals surface area contributed by atoms with Crippen molar-refractivity contribution in [2.24, 2.45) is 0 Å². The third-order valence-electron chi connectivity index (χ3n) is 3.59. The molecule has 0 aromatic carbocycles. The number of carbonyl (C=O) groups is 1. The van der Waals surface area contributed by atoms with Crippen LogP contribution in [0.25, 0.3) is 0 Å². The van der Waals surface area contributed by atoms with E-state index in [-0.39, 0.29) is 28.7 Å². The lowest BCUT2D eigenvalue weighted by molar-refractivity contribution is -0.384. The van der Waals surface area contributed by atoms with Crippen LogP contribution < -0.4 is 4.90 Å². The molecule has 0 amide bonds. The van der Waals surface area contributed by atoms with E-state index < -0.39 is 10.9 Å². The Morgan fingerprint density at radius 3 is 2.59 bits per heavy atom. The van der Waals surface area contributed by atoms with Crippen molar-refractivity contribution in [3.8, 4) is 0 Å². The van der Waals surface area contributed by atoms with Gasteiger partial charge in [0.25, 0.3) is 0 Å². The number of nitro groups is 1. The summed E-state index contributed by atoms with van der Waals surface area (Å²) < 4.78 is 4.91. The molecule has 0 spiro atoms. The summed E-state index contributed by atoms with van der Waals surface area (Å²) >= 11 is 6.15. The second-order valence-corrected chi connectivity index (χ2v) is 5.46. The minimum Gasteiger partial charge on any atom is -0.462 e. The number of hydrogen-bond donors (Lipinski definition) is 0. The predicted molar refractivity (Wildman–Crippen MR) is 82.7 cm³/mol. The largest absolute Gasteiger partial charge is 0.462 e. The monoisotopic (exact) mass is 327 g/mol. The average molecular weight is 328 g/mol. The van der Waals surface area contributed by atoms with Gasteiger partial charge in [-0.1, -0.05) is 11.6 Å². The molecule has 0 saturated carbocycles. The van der Waals surface area contributed by atoms with Gasteiger partial charge in [0.05, 0.1) is 17.2 Å². The Bertz CT molecular complexity index is 600. The molecule has 1 aliphatic heterocycles. The van der Waals surface area contributed by atoms with Crippen LogP contribution in [0.4, 0.5) is 11.5 Å². The Hall–Kier alpha value is -1.89. The van der Waals surface area contributed by atoms with Crippen molar-refractivity contribution in [3.05, 3.63) is 26.4 Å². The van der Waals surface area contributed by atoms with Gasteiger partial charge >= 0.3 is 11.7 Å². The second-order valence-electron chi connectivity index (χ2n) is 5.08. The molecule has 0 unspecified atom stereocenters. The zero-order chi connectivity index (χ0) is 16.3. The summed E-state index contributed by atoms with van der Waals surface area (Å²) in [4.78, 5) is 29.0. The van der Waals surface area contributed by atoms with E-state index in [1.807, 2.05) is 4.90 Å². The van der Waals surface area contributed by atoms with Gasteiger partial charge in [-0.2, -0.15) is 0 Å². The molecule has 1 aliphatic rings. The van der Waals surface area contributed by atoms with Crippen molar-refractivity contribution in [2.45, 2.75) is 33.1 Å². The van der Waals surface area contributed by atoms with E-state index in [0.29, 0.717) is 18.8 Å². The third kappa shape index (κ3) is 3.14. The highest BCUT2D eigenvalue weighted by molar-refractivity contribution is 6.36. The first-order valence-electron chi connectivity index (χ1n) is 7.24. The fourth-order valence-electron chi connectivity index (χ4n) is 2.57. The molecule has 2 heterocycles. The number of ether oxygens (including phenoxy) is 1. The number of aromatic nitrogens is 1. The van der Waals surface area contributed by atoms with Crippen molar-refractivity contribution < 1.29 is 14.5 Å². The maximum atomic E-state index is 12.0. The normalized spacial score (nSPS) is 14.8. The van der Waals surface area contributed by atoms with Crippen molar-refractivity contribution in [1.29, 1.82) is 0 Å². The minimum atomic E-state index is -0.689. The predicted octanol–water partition coefficient (Wildman–Crippen LogP) is 3.12. The van der Waals surface area contributed by atoms with E-state index in [1.165, 1.54) is 0 Å². The molecule has 22 heavy (non-hydrogen) atoms. The molecule has 0 bridgehead atoms. The van der Waals surface area contributed by atoms with Gasteiger partial charge in [-0.15, -0.1) is 0 Å². The molecule has 1 saturated heterocycles. The van der Waals surface area contributed by atoms with E-state index in [0.717, 1.165) is 19.3 Å². The number of aryl methyl sites for hydroxylation is 1. The average Bonchev–Trinajstić information content (AvgIpc) is 2.47. The first-order chi connectivity index (χ1) is 10.5. The van der Waals surface area contributed by atoms with Crippen LogP contribution >= 0.6 is 11.6 Å². The van der Waals surface area contributed by atoms with Gasteiger partial charge in [-0.25, -0.2) is 9.78 Å². The Kier molecular flexibility index (Phi) is 5.18. The van der Waals surface area contributed by atoms with Crippen LogP contribution in [0.1, 0.15) is 42.2 Å². The molecule has 0 radical (unpaired) electrons. The lowest BCUT2D eigenvalue weighted by atomic mass is 10.1. The highest BCUT2D eigenvalue weighted by Crippen LogP contribution is 2.38. The van der Waals surface area contributed by atoms with E-state index in [1.54, 1.807) is 13.8 Å². The number of anilines is 1. The summed E-state index contributed by atoms with van der Waals surface area (Å²) in [6.07, 6.45) is 3.00. The summed E-state index contributed by atoms with van der Waals surface area (Å²) in [6, 6.07) is 0. The van der Waals surface area contributed by atoms with Gasteiger partial charge in [0.15, 0.2) is 0 Å². The van der Waals surface area contributed by atoms with Crippen LogP contribution in [0.3, 0.4) is 0 Å². The zero-order valence-electron chi connectivity index (χ0n) is 12.6. The number of rotatable bonds is 4. The molecule has 1 aromatic rings. The quantitative estimate of drug-likeness (QED) is 0.480. The summed E-state index contributed by atoms with van der Waals surface area (Å²) in [5.74, 6) is -0.453. The smallest absolute Gasteiger partial charge is 0.341 e. The van der Waals surface area contributed by atoms with Gasteiger partial charge in [0, 0.05) is 13.1 Å². The molecule has 1 aromatic heterocycles. The molecule has 0 aliphatic carbocycles. The van der Waals surface area contributed by atoms with Crippen LogP contribution in [-0.4, -0.2) is 35.6 Å². The minimum absolute atomic E-state index is 0.0315. The summed E-state index contributed by atoms with van der Waals surface area (Å²) in [5.41, 5.74) is -0.0113. The fourth-order valence-corrected chi connectivity index (χ4v) is 2.94. The lowest BCUT2D eigenvalue weighted by Gasteiger charge is -2.28. The van der Waals surface area contributed by atoms with Crippen LogP contribution in [0, 0.1) is 17.0 Å². The highest BCUT2D eigenvalue weighted by Gasteiger charge is 2.32. The van der Waals surface area contributed by atoms with Gasteiger partial charge in [-0.3, -0.25) is 10.1 Å². The van der Waals surface area contributed by atoms with Crippen LogP contribution in [0.5, 0.6) is 0 Å². The van der Waals surface area contributed by atoms with Gasteiger partial charge < -0.3 is 9.64 Å².